The molecule has 1 heterocycles. The number of rotatable bonds is 9. The summed E-state index contributed by atoms with van der Waals surface area (Å²) in [6, 6.07) is 7.37. The van der Waals surface area contributed by atoms with Crippen LogP contribution in [0.25, 0.3) is 0 Å². The van der Waals surface area contributed by atoms with Gasteiger partial charge in [-0.05, 0) is 31.5 Å². The van der Waals surface area contributed by atoms with Gasteiger partial charge in [-0.2, -0.15) is 0 Å². The van der Waals surface area contributed by atoms with E-state index in [0.29, 0.717) is 6.54 Å². The average Bonchev–Trinajstić information content (AvgIpc) is 3.18. The molecule has 2 N–H and O–H groups in total. The van der Waals surface area contributed by atoms with Gasteiger partial charge >= 0.3 is 0 Å². The van der Waals surface area contributed by atoms with Crippen molar-refractivity contribution in [3.63, 3.8) is 0 Å². The summed E-state index contributed by atoms with van der Waals surface area (Å²) in [5, 5.41) is 16.7. The molecule has 0 aliphatic carbocycles. The summed E-state index contributed by atoms with van der Waals surface area (Å²) in [6.45, 7) is 5.63. The Labute approximate surface area is 194 Å². The number of methoxy groups -OCH3 is 2. The fourth-order valence-corrected chi connectivity index (χ4v) is 3.42. The van der Waals surface area contributed by atoms with Crippen LogP contribution in [0.5, 0.6) is 5.75 Å². The molecule has 2 rings (SSSR count). The lowest BCUT2D eigenvalue weighted by Gasteiger charge is -2.22. The monoisotopic (exact) mass is 534 g/mol. The third-order valence-corrected chi connectivity index (χ3v) is 5.34. The van der Waals surface area contributed by atoms with E-state index in [2.05, 4.69) is 15.3 Å². The van der Waals surface area contributed by atoms with Gasteiger partial charge in [-0.1, -0.05) is 12.1 Å². The average molecular weight is 534 g/mol. The van der Waals surface area contributed by atoms with Crippen molar-refractivity contribution in [3.8, 4) is 5.75 Å². The van der Waals surface area contributed by atoms with Gasteiger partial charge < -0.3 is 24.8 Å². The summed E-state index contributed by atoms with van der Waals surface area (Å²) in [6.07, 6.45) is -0.688. The molecule has 9 heteroatoms. The van der Waals surface area contributed by atoms with E-state index in [0.717, 1.165) is 34.5 Å². The van der Waals surface area contributed by atoms with Crippen molar-refractivity contribution < 1.29 is 14.6 Å². The standard InChI is InChI=1S/C20H30N4O3S.HI/c1-6-21-20(22-11-18(25)15-7-9-17(27-5)10-8-15)24(3)12-16-13-28-19(23-16)14(2)26-4;/h7-10,13-14,18,25H,6,11-12H2,1-5H3,(H,21,22);1H. The van der Waals surface area contributed by atoms with Gasteiger partial charge in [0.1, 0.15) is 16.9 Å². The van der Waals surface area contributed by atoms with Crippen molar-refractivity contribution in [1.29, 1.82) is 0 Å². The molecule has 1 aromatic heterocycles. The van der Waals surface area contributed by atoms with Crippen molar-refractivity contribution in [2.75, 3.05) is 34.4 Å². The van der Waals surface area contributed by atoms with Crippen LogP contribution < -0.4 is 10.1 Å². The SMILES string of the molecule is CCNC(=NCC(O)c1ccc(OC)cc1)N(C)Cc1csc(C(C)OC)n1.I. The number of nitrogens with one attached hydrogen (secondary N) is 1. The summed E-state index contributed by atoms with van der Waals surface area (Å²) in [5.41, 5.74) is 1.77. The Morgan fingerprint density at radius 3 is 2.59 bits per heavy atom. The van der Waals surface area contributed by atoms with E-state index < -0.39 is 6.10 Å². The van der Waals surface area contributed by atoms with Gasteiger partial charge in [0.2, 0.25) is 0 Å². The highest BCUT2D eigenvalue weighted by Crippen LogP contribution is 2.21. The quantitative estimate of drug-likeness (QED) is 0.291. The third kappa shape index (κ3) is 7.72. The number of nitrogens with zero attached hydrogens (tertiary/aromatic N) is 3. The molecule has 0 aliphatic rings. The molecule has 2 unspecified atom stereocenters. The maximum absolute atomic E-state index is 10.4. The smallest absolute Gasteiger partial charge is 0.194 e. The van der Waals surface area contributed by atoms with E-state index >= 15 is 0 Å². The van der Waals surface area contributed by atoms with Crippen LogP contribution in [0.15, 0.2) is 34.6 Å². The van der Waals surface area contributed by atoms with Crippen molar-refractivity contribution in [3.05, 3.63) is 45.9 Å². The molecule has 29 heavy (non-hydrogen) atoms. The molecule has 1 aromatic carbocycles. The molecule has 0 bridgehead atoms. The van der Waals surface area contributed by atoms with Crippen molar-refractivity contribution in [1.82, 2.24) is 15.2 Å². The minimum absolute atomic E-state index is 0. The topological polar surface area (TPSA) is 79.2 Å². The van der Waals surface area contributed by atoms with Crippen molar-refractivity contribution in [2.45, 2.75) is 32.6 Å². The second-order valence-corrected chi connectivity index (χ2v) is 7.28. The molecule has 0 saturated carbocycles. The summed E-state index contributed by atoms with van der Waals surface area (Å²) in [7, 11) is 5.26. The number of aliphatic hydroxyl groups is 1. The van der Waals surface area contributed by atoms with Crippen molar-refractivity contribution >= 4 is 41.3 Å². The molecule has 0 aliphatic heterocycles. The molecule has 0 saturated heterocycles. The van der Waals surface area contributed by atoms with Gasteiger partial charge in [-0.15, -0.1) is 35.3 Å². The Morgan fingerprint density at radius 1 is 1.31 bits per heavy atom. The maximum atomic E-state index is 10.4. The highest BCUT2D eigenvalue weighted by Gasteiger charge is 2.14. The minimum Gasteiger partial charge on any atom is -0.497 e. The highest BCUT2D eigenvalue weighted by molar-refractivity contribution is 14.0. The Kier molecular flexibility index (Phi) is 11.5. The first kappa shape index (κ1) is 25.6. The van der Waals surface area contributed by atoms with Crippen LogP contribution in [-0.2, 0) is 11.3 Å². The molecule has 7 nitrogen and oxygen atoms in total. The lowest BCUT2D eigenvalue weighted by Crippen LogP contribution is -2.38. The van der Waals surface area contributed by atoms with E-state index in [9.17, 15) is 5.11 Å². The van der Waals surface area contributed by atoms with Crippen molar-refractivity contribution in [2.24, 2.45) is 4.99 Å². The number of hydrogen-bond donors (Lipinski definition) is 2. The Bertz CT molecular complexity index is 754. The Balaban J connectivity index is 0.00000420. The van der Waals surface area contributed by atoms with Crippen LogP contribution in [-0.4, -0.2) is 55.3 Å². The summed E-state index contributed by atoms with van der Waals surface area (Å²) in [4.78, 5) is 11.2. The lowest BCUT2D eigenvalue weighted by atomic mass is 10.1. The summed E-state index contributed by atoms with van der Waals surface area (Å²) < 4.78 is 10.5. The zero-order chi connectivity index (χ0) is 20.5. The molecule has 2 atom stereocenters. The number of hydrogen-bond acceptors (Lipinski definition) is 6. The predicted molar refractivity (Wildman–Crippen MR) is 128 cm³/mol. The minimum atomic E-state index is -0.679. The number of thiazole rings is 1. The Hall–Kier alpha value is -1.43. The highest BCUT2D eigenvalue weighted by atomic mass is 127. The number of ether oxygens (including phenoxy) is 2. The Morgan fingerprint density at radius 2 is 2.00 bits per heavy atom. The van der Waals surface area contributed by atoms with Crippen LogP contribution in [0, 0.1) is 0 Å². The van der Waals surface area contributed by atoms with E-state index in [1.807, 2.05) is 55.4 Å². The third-order valence-electron chi connectivity index (χ3n) is 4.28. The lowest BCUT2D eigenvalue weighted by molar-refractivity contribution is 0.119. The largest absolute Gasteiger partial charge is 0.497 e. The molecular formula is C20H31IN4O3S. The first-order valence-corrected chi connectivity index (χ1v) is 10.1. The van der Waals surface area contributed by atoms with Crippen LogP contribution in [0.2, 0.25) is 0 Å². The fourth-order valence-electron chi connectivity index (χ4n) is 2.57. The van der Waals surface area contributed by atoms with E-state index in [1.54, 1.807) is 25.6 Å². The number of halogens is 1. The predicted octanol–water partition coefficient (Wildman–Crippen LogP) is 3.61. The first-order chi connectivity index (χ1) is 13.5. The van der Waals surface area contributed by atoms with Crippen LogP contribution in [0.4, 0.5) is 0 Å². The molecular weight excluding hydrogens is 503 g/mol. The van der Waals surface area contributed by atoms with E-state index in [1.165, 1.54) is 0 Å². The second kappa shape index (κ2) is 13.0. The van der Waals surface area contributed by atoms with Gasteiger partial charge in [0.15, 0.2) is 5.96 Å². The van der Waals surface area contributed by atoms with Gasteiger partial charge in [-0.25, -0.2) is 4.98 Å². The molecule has 162 valence electrons. The van der Waals surface area contributed by atoms with Crippen LogP contribution in [0.3, 0.4) is 0 Å². The molecule has 0 amide bonds. The number of aromatic nitrogens is 1. The van der Waals surface area contributed by atoms with Crippen LogP contribution in [0.1, 0.15) is 42.3 Å². The zero-order valence-corrected chi connectivity index (χ0v) is 20.7. The number of benzene rings is 1. The number of guanidine groups is 1. The van der Waals surface area contributed by atoms with Gasteiger partial charge in [0.05, 0.1) is 32.0 Å². The first-order valence-electron chi connectivity index (χ1n) is 9.27. The molecule has 0 radical (unpaired) electrons. The molecule has 2 aromatic rings. The van der Waals surface area contributed by atoms with E-state index in [-0.39, 0.29) is 36.6 Å². The van der Waals surface area contributed by atoms with Crippen LogP contribution >= 0.6 is 35.3 Å². The van der Waals surface area contributed by atoms with Gasteiger partial charge in [-0.3, -0.25) is 4.99 Å². The number of aliphatic imine (C=N–C) groups is 1. The molecule has 0 fully saturated rings. The maximum Gasteiger partial charge on any atom is 0.194 e. The normalized spacial score (nSPS) is 13.4. The van der Waals surface area contributed by atoms with E-state index in [4.69, 9.17) is 9.47 Å². The second-order valence-electron chi connectivity index (χ2n) is 6.39. The number of aliphatic hydroxyl groups excluding tert-OH is 1. The van der Waals surface area contributed by atoms with Gasteiger partial charge in [0, 0.05) is 26.1 Å². The van der Waals surface area contributed by atoms with Gasteiger partial charge in [0.25, 0.3) is 0 Å². The summed E-state index contributed by atoms with van der Waals surface area (Å²) in [5.74, 6) is 1.49. The fraction of sp³-hybridized carbons (Fsp3) is 0.500. The molecule has 0 spiro atoms. The zero-order valence-electron chi connectivity index (χ0n) is 17.6. The summed E-state index contributed by atoms with van der Waals surface area (Å²) >= 11 is 1.59.